The van der Waals surface area contributed by atoms with Gasteiger partial charge >= 0.3 is 5.97 Å². The van der Waals surface area contributed by atoms with Crippen LogP contribution in [-0.4, -0.2) is 27.9 Å². The molecular formula is C27H21N3O5. The second kappa shape index (κ2) is 9.64. The highest BCUT2D eigenvalue weighted by Crippen LogP contribution is 2.31. The molecule has 1 N–H and O–H groups in total. The van der Waals surface area contributed by atoms with Crippen molar-refractivity contribution < 1.29 is 23.2 Å². The van der Waals surface area contributed by atoms with Crippen molar-refractivity contribution in [2.45, 2.75) is 19.4 Å². The topological polar surface area (TPSA) is 107 Å². The van der Waals surface area contributed by atoms with Gasteiger partial charge in [-0.1, -0.05) is 25.1 Å². The predicted octanol–water partition coefficient (Wildman–Crippen LogP) is 5.72. The van der Waals surface area contributed by atoms with Crippen molar-refractivity contribution in [1.82, 2.24) is 9.97 Å². The number of esters is 1. The molecule has 0 spiro atoms. The van der Waals surface area contributed by atoms with Crippen molar-refractivity contribution in [2.75, 3.05) is 5.32 Å². The van der Waals surface area contributed by atoms with Crippen LogP contribution in [0.2, 0.25) is 0 Å². The van der Waals surface area contributed by atoms with Gasteiger partial charge in [0.2, 0.25) is 0 Å². The van der Waals surface area contributed by atoms with Gasteiger partial charge in [-0.2, -0.15) is 0 Å². The van der Waals surface area contributed by atoms with Crippen LogP contribution >= 0.6 is 0 Å². The van der Waals surface area contributed by atoms with Crippen LogP contribution in [0, 0.1) is 0 Å². The fourth-order valence-corrected chi connectivity index (χ4v) is 3.62. The van der Waals surface area contributed by atoms with E-state index in [0.29, 0.717) is 46.0 Å². The summed E-state index contributed by atoms with van der Waals surface area (Å²) in [5.74, 6) is 0.0427. The fraction of sp³-hybridized carbons (Fsp3) is 0.111. The molecule has 0 saturated carbocycles. The van der Waals surface area contributed by atoms with Gasteiger partial charge < -0.3 is 18.9 Å². The number of nitrogens with one attached hydrogen (secondary N) is 1. The normalized spacial score (nSPS) is 11.8. The number of amides is 1. The molecule has 35 heavy (non-hydrogen) atoms. The Morgan fingerprint density at radius 1 is 0.857 bits per heavy atom. The Balaban J connectivity index is 1.43. The number of hydrogen-bond acceptors (Lipinski definition) is 7. The molecule has 0 radical (unpaired) electrons. The number of fused-ring (bicyclic) bond motifs is 1. The molecule has 0 bridgehead atoms. The van der Waals surface area contributed by atoms with Crippen LogP contribution in [0.1, 0.15) is 23.7 Å². The predicted molar refractivity (Wildman–Crippen MR) is 130 cm³/mol. The molecule has 174 valence electrons. The first-order valence-electron chi connectivity index (χ1n) is 11.1. The van der Waals surface area contributed by atoms with Gasteiger partial charge in [0.25, 0.3) is 5.91 Å². The van der Waals surface area contributed by atoms with Gasteiger partial charge in [0.1, 0.15) is 11.4 Å². The Kier molecular flexibility index (Phi) is 6.09. The number of furan rings is 2. The van der Waals surface area contributed by atoms with Gasteiger partial charge in [-0.15, -0.1) is 0 Å². The third-order valence-corrected chi connectivity index (χ3v) is 5.36. The number of rotatable bonds is 7. The molecule has 3 aromatic heterocycles. The average molecular weight is 467 g/mol. The summed E-state index contributed by atoms with van der Waals surface area (Å²) < 4.78 is 16.6. The molecule has 5 rings (SSSR count). The monoisotopic (exact) mass is 467 g/mol. The lowest BCUT2D eigenvalue weighted by molar-refractivity contribution is -0.124. The molecule has 0 saturated heterocycles. The van der Waals surface area contributed by atoms with Crippen LogP contribution in [0.15, 0.2) is 94.2 Å². The van der Waals surface area contributed by atoms with Gasteiger partial charge in [-0.25, -0.2) is 14.8 Å². The lowest BCUT2D eigenvalue weighted by atomic mass is 10.1. The molecule has 0 aliphatic rings. The maximum atomic E-state index is 12.9. The summed E-state index contributed by atoms with van der Waals surface area (Å²) in [4.78, 5) is 34.9. The minimum absolute atomic E-state index is 0.258. The molecule has 3 heterocycles. The first kappa shape index (κ1) is 22.1. The van der Waals surface area contributed by atoms with Crippen molar-refractivity contribution in [3.05, 3.63) is 90.9 Å². The third kappa shape index (κ3) is 4.67. The van der Waals surface area contributed by atoms with E-state index in [0.717, 1.165) is 0 Å². The summed E-state index contributed by atoms with van der Waals surface area (Å²) in [7, 11) is 0. The molecule has 1 unspecified atom stereocenters. The van der Waals surface area contributed by atoms with E-state index in [1.807, 2.05) is 18.2 Å². The largest absolute Gasteiger partial charge is 0.463 e. The lowest BCUT2D eigenvalue weighted by Gasteiger charge is -2.16. The summed E-state index contributed by atoms with van der Waals surface area (Å²) in [5.41, 5.74) is 2.94. The van der Waals surface area contributed by atoms with Gasteiger partial charge in [-0.3, -0.25) is 4.79 Å². The number of carbonyl (C=O) groups excluding carboxylic acids is 2. The Morgan fingerprint density at radius 2 is 1.51 bits per heavy atom. The zero-order valence-electron chi connectivity index (χ0n) is 18.8. The van der Waals surface area contributed by atoms with E-state index in [1.165, 1.54) is 0 Å². The summed E-state index contributed by atoms with van der Waals surface area (Å²) in [6.45, 7) is 1.78. The third-order valence-electron chi connectivity index (χ3n) is 5.36. The standard InChI is InChI=1S/C27H21N3O5/c1-2-21(26(31)28-18-8-4-3-5-9-18)35-27(32)17-12-13-19-20(16-17)30-25(23-11-7-15-34-23)24(29-19)22-10-6-14-33-22/h3-16,21H,2H2,1H3,(H,28,31). The average Bonchev–Trinajstić information content (AvgIpc) is 3.61. The van der Waals surface area contributed by atoms with Crippen molar-refractivity contribution in [2.24, 2.45) is 0 Å². The first-order chi connectivity index (χ1) is 17.1. The van der Waals surface area contributed by atoms with Gasteiger partial charge in [0.05, 0.1) is 29.1 Å². The fourth-order valence-electron chi connectivity index (χ4n) is 3.62. The minimum atomic E-state index is -0.940. The Bertz CT molecular complexity index is 1460. The highest BCUT2D eigenvalue weighted by atomic mass is 16.5. The number of anilines is 1. The van der Waals surface area contributed by atoms with Gasteiger partial charge in [-0.05, 0) is 61.0 Å². The van der Waals surface area contributed by atoms with E-state index in [9.17, 15) is 9.59 Å². The Hall–Kier alpha value is -4.72. The van der Waals surface area contributed by atoms with Crippen molar-refractivity contribution >= 4 is 28.6 Å². The SMILES string of the molecule is CCC(OC(=O)c1ccc2nc(-c3ccco3)c(-c3ccco3)nc2c1)C(=O)Nc1ccccc1. The molecule has 1 atom stereocenters. The van der Waals surface area contributed by atoms with Gasteiger partial charge in [0.15, 0.2) is 17.6 Å². The Morgan fingerprint density at radius 3 is 2.11 bits per heavy atom. The van der Waals surface area contributed by atoms with Gasteiger partial charge in [0, 0.05) is 5.69 Å². The second-order valence-electron chi connectivity index (χ2n) is 7.74. The van der Waals surface area contributed by atoms with Crippen LogP contribution in [-0.2, 0) is 9.53 Å². The molecule has 1 amide bonds. The molecule has 2 aromatic carbocycles. The Labute approximate surface area is 200 Å². The number of ether oxygens (including phenoxy) is 1. The zero-order valence-corrected chi connectivity index (χ0v) is 18.8. The van der Waals surface area contributed by atoms with E-state index < -0.39 is 18.0 Å². The minimum Gasteiger partial charge on any atom is -0.463 e. The summed E-state index contributed by atoms with van der Waals surface area (Å²) in [5, 5.41) is 2.76. The van der Waals surface area contributed by atoms with Crippen LogP contribution in [0.3, 0.4) is 0 Å². The molecule has 8 nitrogen and oxygen atoms in total. The van der Waals surface area contributed by atoms with E-state index in [-0.39, 0.29) is 5.56 Å². The van der Waals surface area contributed by atoms with E-state index in [2.05, 4.69) is 5.32 Å². The van der Waals surface area contributed by atoms with Crippen LogP contribution < -0.4 is 5.32 Å². The van der Waals surface area contributed by atoms with Crippen LogP contribution in [0.4, 0.5) is 5.69 Å². The number of carbonyl (C=O) groups is 2. The molecule has 0 aliphatic heterocycles. The summed E-state index contributed by atoms with van der Waals surface area (Å²) in [6.07, 6.45) is 2.49. The zero-order chi connectivity index (χ0) is 24.2. The van der Waals surface area contributed by atoms with E-state index >= 15 is 0 Å². The molecule has 0 aliphatic carbocycles. The second-order valence-corrected chi connectivity index (χ2v) is 7.74. The van der Waals surface area contributed by atoms with Crippen LogP contribution in [0.5, 0.6) is 0 Å². The number of nitrogens with zero attached hydrogens (tertiary/aromatic N) is 2. The maximum Gasteiger partial charge on any atom is 0.338 e. The quantitative estimate of drug-likeness (QED) is 0.305. The van der Waals surface area contributed by atoms with E-state index in [1.54, 1.807) is 74.0 Å². The molecular weight excluding hydrogens is 446 g/mol. The van der Waals surface area contributed by atoms with E-state index in [4.69, 9.17) is 23.5 Å². The van der Waals surface area contributed by atoms with Crippen molar-refractivity contribution in [1.29, 1.82) is 0 Å². The smallest absolute Gasteiger partial charge is 0.338 e. The number of benzene rings is 2. The van der Waals surface area contributed by atoms with Crippen LogP contribution in [0.25, 0.3) is 33.9 Å². The molecule has 5 aromatic rings. The molecule has 8 heteroatoms. The number of aromatic nitrogens is 2. The first-order valence-corrected chi connectivity index (χ1v) is 11.1. The number of hydrogen-bond donors (Lipinski definition) is 1. The summed E-state index contributed by atoms with van der Waals surface area (Å²) >= 11 is 0. The van der Waals surface area contributed by atoms with Crippen molar-refractivity contribution in [3.8, 4) is 22.9 Å². The van der Waals surface area contributed by atoms with Crippen molar-refractivity contribution in [3.63, 3.8) is 0 Å². The molecule has 0 fully saturated rings. The number of para-hydroxylation sites is 1. The maximum absolute atomic E-state index is 12.9. The lowest BCUT2D eigenvalue weighted by Crippen LogP contribution is -2.32. The highest BCUT2D eigenvalue weighted by molar-refractivity contribution is 5.99. The highest BCUT2D eigenvalue weighted by Gasteiger charge is 2.23. The summed E-state index contributed by atoms with van der Waals surface area (Å²) in [6, 6.07) is 21.0.